The van der Waals surface area contributed by atoms with Crippen LogP contribution in [0.25, 0.3) is 0 Å². The van der Waals surface area contributed by atoms with Gasteiger partial charge in [0.2, 0.25) is 0 Å². The fourth-order valence-electron chi connectivity index (χ4n) is 2.13. The molecule has 0 bridgehead atoms. The van der Waals surface area contributed by atoms with E-state index in [2.05, 4.69) is 22.1 Å². The zero-order valence-corrected chi connectivity index (χ0v) is 11.9. The summed E-state index contributed by atoms with van der Waals surface area (Å²) in [5.74, 6) is -0.209. The van der Waals surface area contributed by atoms with E-state index in [0.717, 1.165) is 36.7 Å². The number of nitrogens with one attached hydrogen (secondary N) is 1. The lowest BCUT2D eigenvalue weighted by Gasteiger charge is -2.23. The molecular weight excluding hydrogens is 253 g/mol. The summed E-state index contributed by atoms with van der Waals surface area (Å²) in [6.07, 6.45) is 0. The van der Waals surface area contributed by atoms with E-state index in [-0.39, 0.29) is 5.82 Å². The molecular formula is C16H20FN3. The Morgan fingerprint density at radius 1 is 1.10 bits per heavy atom. The summed E-state index contributed by atoms with van der Waals surface area (Å²) in [6, 6.07) is 12.6. The maximum atomic E-state index is 13.0. The number of aromatic nitrogens is 1. The first-order chi connectivity index (χ1) is 9.72. The quantitative estimate of drug-likeness (QED) is 0.877. The third-order valence-electron chi connectivity index (χ3n) is 3.15. The van der Waals surface area contributed by atoms with Crippen molar-refractivity contribution >= 4 is 5.69 Å². The molecule has 1 aromatic heterocycles. The molecule has 1 aromatic carbocycles. The van der Waals surface area contributed by atoms with E-state index < -0.39 is 0 Å². The SMILES string of the molecule is CCN(Cc1cccc(CNC)n1)c1ccc(F)cc1. The van der Waals surface area contributed by atoms with Crippen LogP contribution in [0, 0.1) is 5.82 Å². The molecule has 0 aliphatic heterocycles. The normalized spacial score (nSPS) is 10.6. The van der Waals surface area contributed by atoms with Gasteiger partial charge in [-0.05, 0) is 50.4 Å². The van der Waals surface area contributed by atoms with Gasteiger partial charge >= 0.3 is 0 Å². The van der Waals surface area contributed by atoms with Crippen molar-refractivity contribution < 1.29 is 4.39 Å². The fourth-order valence-corrected chi connectivity index (χ4v) is 2.13. The van der Waals surface area contributed by atoms with E-state index in [4.69, 9.17) is 0 Å². The third kappa shape index (κ3) is 3.78. The average Bonchev–Trinajstić information content (AvgIpc) is 2.47. The molecule has 0 saturated carbocycles. The molecule has 0 fully saturated rings. The van der Waals surface area contributed by atoms with Gasteiger partial charge in [0.05, 0.1) is 17.9 Å². The van der Waals surface area contributed by atoms with Crippen molar-refractivity contribution in [2.45, 2.75) is 20.0 Å². The van der Waals surface area contributed by atoms with Crippen molar-refractivity contribution in [2.75, 3.05) is 18.5 Å². The van der Waals surface area contributed by atoms with Crippen molar-refractivity contribution in [1.29, 1.82) is 0 Å². The topological polar surface area (TPSA) is 28.2 Å². The molecule has 0 aliphatic carbocycles. The Balaban J connectivity index is 2.13. The molecule has 3 nitrogen and oxygen atoms in total. The number of anilines is 1. The second-order valence-corrected chi connectivity index (χ2v) is 4.64. The van der Waals surface area contributed by atoms with Gasteiger partial charge in [-0.25, -0.2) is 4.39 Å². The van der Waals surface area contributed by atoms with Crippen LogP contribution in [0.15, 0.2) is 42.5 Å². The van der Waals surface area contributed by atoms with Crippen LogP contribution in [0.2, 0.25) is 0 Å². The predicted octanol–water partition coefficient (Wildman–Crippen LogP) is 2.97. The highest BCUT2D eigenvalue weighted by atomic mass is 19.1. The van der Waals surface area contributed by atoms with Crippen molar-refractivity contribution in [3.8, 4) is 0 Å². The molecule has 1 heterocycles. The molecule has 2 aromatic rings. The maximum Gasteiger partial charge on any atom is 0.123 e. The molecule has 0 radical (unpaired) electrons. The standard InChI is InChI=1S/C16H20FN3/c1-3-20(16-9-7-13(17)8-10-16)12-15-6-4-5-14(19-15)11-18-2/h4-10,18H,3,11-12H2,1-2H3. The van der Waals surface area contributed by atoms with Crippen LogP contribution in [0.1, 0.15) is 18.3 Å². The summed E-state index contributed by atoms with van der Waals surface area (Å²) < 4.78 is 13.0. The lowest BCUT2D eigenvalue weighted by atomic mass is 10.2. The molecule has 0 saturated heterocycles. The van der Waals surface area contributed by atoms with E-state index in [0.29, 0.717) is 0 Å². The van der Waals surface area contributed by atoms with Gasteiger partial charge in [-0.15, -0.1) is 0 Å². The molecule has 0 amide bonds. The largest absolute Gasteiger partial charge is 0.366 e. The van der Waals surface area contributed by atoms with Crippen LogP contribution in [0.3, 0.4) is 0 Å². The molecule has 0 atom stereocenters. The summed E-state index contributed by atoms with van der Waals surface area (Å²) in [4.78, 5) is 6.79. The number of benzene rings is 1. The summed E-state index contributed by atoms with van der Waals surface area (Å²) in [5, 5.41) is 3.10. The molecule has 1 N–H and O–H groups in total. The third-order valence-corrected chi connectivity index (χ3v) is 3.15. The lowest BCUT2D eigenvalue weighted by molar-refractivity contribution is 0.627. The predicted molar refractivity (Wildman–Crippen MR) is 80.1 cm³/mol. The zero-order valence-electron chi connectivity index (χ0n) is 11.9. The molecule has 106 valence electrons. The number of hydrogen-bond acceptors (Lipinski definition) is 3. The minimum atomic E-state index is -0.209. The van der Waals surface area contributed by atoms with Crippen molar-refractivity contribution in [1.82, 2.24) is 10.3 Å². The second kappa shape index (κ2) is 7.01. The molecule has 20 heavy (non-hydrogen) atoms. The Morgan fingerprint density at radius 3 is 2.45 bits per heavy atom. The average molecular weight is 273 g/mol. The monoisotopic (exact) mass is 273 g/mol. The Kier molecular flexibility index (Phi) is 5.07. The van der Waals surface area contributed by atoms with Crippen molar-refractivity contribution in [2.24, 2.45) is 0 Å². The summed E-state index contributed by atoms with van der Waals surface area (Å²) in [6.45, 7) is 4.42. The molecule has 2 rings (SSSR count). The van der Waals surface area contributed by atoms with Crippen LogP contribution < -0.4 is 10.2 Å². The molecule has 0 aliphatic rings. The summed E-state index contributed by atoms with van der Waals surface area (Å²) in [5.41, 5.74) is 3.05. The Morgan fingerprint density at radius 2 is 1.80 bits per heavy atom. The molecule has 0 unspecified atom stereocenters. The minimum Gasteiger partial charge on any atom is -0.366 e. The van der Waals surface area contributed by atoms with E-state index in [1.807, 2.05) is 25.2 Å². The van der Waals surface area contributed by atoms with Gasteiger partial charge < -0.3 is 10.2 Å². The first-order valence-electron chi connectivity index (χ1n) is 6.83. The fraction of sp³-hybridized carbons (Fsp3) is 0.312. The van der Waals surface area contributed by atoms with Crippen LogP contribution in [0.4, 0.5) is 10.1 Å². The van der Waals surface area contributed by atoms with Gasteiger partial charge in [-0.3, -0.25) is 4.98 Å². The minimum absolute atomic E-state index is 0.209. The van der Waals surface area contributed by atoms with Gasteiger partial charge in [-0.2, -0.15) is 0 Å². The maximum absolute atomic E-state index is 13.0. The van der Waals surface area contributed by atoms with E-state index >= 15 is 0 Å². The van der Waals surface area contributed by atoms with Crippen molar-refractivity contribution in [3.63, 3.8) is 0 Å². The van der Waals surface area contributed by atoms with Gasteiger partial charge in [0.15, 0.2) is 0 Å². The van der Waals surface area contributed by atoms with E-state index in [9.17, 15) is 4.39 Å². The molecule has 4 heteroatoms. The lowest BCUT2D eigenvalue weighted by Crippen LogP contribution is -2.23. The van der Waals surface area contributed by atoms with E-state index in [1.165, 1.54) is 12.1 Å². The highest BCUT2D eigenvalue weighted by Gasteiger charge is 2.07. The van der Waals surface area contributed by atoms with Crippen LogP contribution >= 0.6 is 0 Å². The highest BCUT2D eigenvalue weighted by Crippen LogP contribution is 2.17. The van der Waals surface area contributed by atoms with Crippen LogP contribution in [0.5, 0.6) is 0 Å². The Labute approximate surface area is 119 Å². The summed E-state index contributed by atoms with van der Waals surface area (Å²) in [7, 11) is 1.91. The molecule has 0 spiro atoms. The smallest absolute Gasteiger partial charge is 0.123 e. The highest BCUT2D eigenvalue weighted by molar-refractivity contribution is 5.46. The Bertz CT molecular complexity index is 540. The van der Waals surface area contributed by atoms with E-state index in [1.54, 1.807) is 12.1 Å². The first kappa shape index (κ1) is 14.5. The summed E-state index contributed by atoms with van der Waals surface area (Å²) >= 11 is 0. The van der Waals surface area contributed by atoms with Gasteiger partial charge in [0.1, 0.15) is 5.82 Å². The second-order valence-electron chi connectivity index (χ2n) is 4.64. The van der Waals surface area contributed by atoms with Crippen LogP contribution in [-0.2, 0) is 13.1 Å². The number of rotatable bonds is 6. The number of nitrogens with zero attached hydrogens (tertiary/aromatic N) is 2. The number of pyridine rings is 1. The number of hydrogen-bond donors (Lipinski definition) is 1. The first-order valence-corrected chi connectivity index (χ1v) is 6.83. The van der Waals surface area contributed by atoms with Crippen LogP contribution in [-0.4, -0.2) is 18.6 Å². The van der Waals surface area contributed by atoms with Crippen molar-refractivity contribution in [3.05, 3.63) is 59.7 Å². The van der Waals surface area contributed by atoms with Gasteiger partial charge in [0, 0.05) is 18.8 Å². The van der Waals surface area contributed by atoms with Gasteiger partial charge in [-0.1, -0.05) is 6.07 Å². The number of halogens is 1. The van der Waals surface area contributed by atoms with Gasteiger partial charge in [0.25, 0.3) is 0 Å². The Hall–Kier alpha value is -1.94. The zero-order chi connectivity index (χ0) is 14.4.